The van der Waals surface area contributed by atoms with Crippen LogP contribution in [0.3, 0.4) is 0 Å². The SMILES string of the molecule is Cc1csc(CNC(C)CN2CCCC2)c1Cl. The summed E-state index contributed by atoms with van der Waals surface area (Å²) >= 11 is 7.98. The normalized spacial score (nSPS) is 18.8. The summed E-state index contributed by atoms with van der Waals surface area (Å²) in [6.07, 6.45) is 2.73. The van der Waals surface area contributed by atoms with E-state index >= 15 is 0 Å². The van der Waals surface area contributed by atoms with Crippen LogP contribution in [0.4, 0.5) is 0 Å². The van der Waals surface area contributed by atoms with Gasteiger partial charge >= 0.3 is 0 Å². The minimum atomic E-state index is 0.534. The largest absolute Gasteiger partial charge is 0.308 e. The standard InChI is InChI=1S/C13H21ClN2S/c1-10-9-17-12(13(10)14)7-15-11(2)8-16-5-3-4-6-16/h9,11,15H,3-8H2,1-2H3. The summed E-state index contributed by atoms with van der Waals surface area (Å²) in [5.74, 6) is 0. The second-order valence-corrected chi connectivity index (χ2v) is 6.29. The fourth-order valence-electron chi connectivity index (χ4n) is 2.29. The summed E-state index contributed by atoms with van der Waals surface area (Å²) in [6.45, 7) is 8.91. The van der Waals surface area contributed by atoms with Crippen molar-refractivity contribution >= 4 is 22.9 Å². The molecule has 0 aromatic carbocycles. The lowest BCUT2D eigenvalue weighted by atomic mass is 10.3. The second kappa shape index (κ2) is 6.19. The molecule has 0 aliphatic carbocycles. The van der Waals surface area contributed by atoms with Crippen molar-refractivity contribution in [1.29, 1.82) is 0 Å². The van der Waals surface area contributed by atoms with Gasteiger partial charge in [-0.3, -0.25) is 0 Å². The Morgan fingerprint density at radius 3 is 2.76 bits per heavy atom. The number of nitrogens with one attached hydrogen (secondary N) is 1. The molecule has 1 atom stereocenters. The van der Waals surface area contributed by atoms with Gasteiger partial charge in [0.15, 0.2) is 0 Å². The molecule has 0 amide bonds. The van der Waals surface area contributed by atoms with Crippen molar-refractivity contribution in [2.45, 2.75) is 39.3 Å². The number of nitrogens with zero attached hydrogens (tertiary/aromatic N) is 1. The molecule has 1 aliphatic heterocycles. The molecule has 2 nitrogen and oxygen atoms in total. The van der Waals surface area contributed by atoms with Crippen LogP contribution in [0.2, 0.25) is 5.02 Å². The average molecular weight is 273 g/mol. The van der Waals surface area contributed by atoms with E-state index in [0.717, 1.165) is 18.1 Å². The van der Waals surface area contributed by atoms with Crippen molar-refractivity contribution in [3.05, 3.63) is 20.8 Å². The molecule has 2 heterocycles. The highest BCUT2D eigenvalue weighted by molar-refractivity contribution is 7.10. The number of halogens is 1. The van der Waals surface area contributed by atoms with Gasteiger partial charge in [-0.25, -0.2) is 0 Å². The van der Waals surface area contributed by atoms with Crippen LogP contribution in [0, 0.1) is 6.92 Å². The van der Waals surface area contributed by atoms with Crippen molar-refractivity contribution in [3.63, 3.8) is 0 Å². The van der Waals surface area contributed by atoms with Crippen LogP contribution in [0.15, 0.2) is 5.38 Å². The van der Waals surface area contributed by atoms with E-state index in [1.165, 1.54) is 36.4 Å². The first-order valence-corrected chi connectivity index (χ1v) is 7.61. The fraction of sp³-hybridized carbons (Fsp3) is 0.692. The molecule has 0 spiro atoms. The number of aryl methyl sites for hydroxylation is 1. The molecule has 1 fully saturated rings. The highest BCUT2D eigenvalue weighted by atomic mass is 35.5. The summed E-state index contributed by atoms with van der Waals surface area (Å²) in [6, 6.07) is 0.534. The number of thiophene rings is 1. The highest BCUT2D eigenvalue weighted by Crippen LogP contribution is 2.26. The monoisotopic (exact) mass is 272 g/mol. The summed E-state index contributed by atoms with van der Waals surface area (Å²) in [5.41, 5.74) is 1.20. The van der Waals surface area contributed by atoms with Crippen molar-refractivity contribution in [2.75, 3.05) is 19.6 Å². The van der Waals surface area contributed by atoms with Crippen LogP contribution in [0.25, 0.3) is 0 Å². The Hall–Kier alpha value is -0.0900. The maximum Gasteiger partial charge on any atom is 0.0587 e. The molecule has 1 saturated heterocycles. The molecule has 17 heavy (non-hydrogen) atoms. The molecule has 0 saturated carbocycles. The molecular weight excluding hydrogens is 252 g/mol. The first kappa shape index (κ1) is 13.3. The molecule has 0 bridgehead atoms. The third-order valence-electron chi connectivity index (χ3n) is 3.31. The van der Waals surface area contributed by atoms with Crippen LogP contribution in [0.5, 0.6) is 0 Å². The van der Waals surface area contributed by atoms with E-state index in [4.69, 9.17) is 11.6 Å². The van der Waals surface area contributed by atoms with Gasteiger partial charge in [-0.15, -0.1) is 11.3 Å². The molecule has 96 valence electrons. The van der Waals surface area contributed by atoms with Gasteiger partial charge in [0.2, 0.25) is 0 Å². The second-order valence-electron chi connectivity index (χ2n) is 4.95. The van der Waals surface area contributed by atoms with Gasteiger partial charge in [0.25, 0.3) is 0 Å². The lowest BCUT2D eigenvalue weighted by Gasteiger charge is -2.21. The zero-order valence-corrected chi connectivity index (χ0v) is 12.2. The number of rotatable bonds is 5. The molecule has 4 heteroatoms. The molecular formula is C13H21ClN2S. The van der Waals surface area contributed by atoms with Gasteiger partial charge in [-0.1, -0.05) is 11.6 Å². The predicted octanol–water partition coefficient (Wildman–Crippen LogP) is 3.28. The molecule has 1 aromatic heterocycles. The maximum absolute atomic E-state index is 6.22. The minimum Gasteiger partial charge on any atom is -0.308 e. The molecule has 1 aromatic rings. The number of hydrogen-bond donors (Lipinski definition) is 1. The van der Waals surface area contributed by atoms with Crippen molar-refractivity contribution in [1.82, 2.24) is 10.2 Å². The Bertz CT molecular complexity index is 358. The zero-order valence-electron chi connectivity index (χ0n) is 10.6. The number of likely N-dealkylation sites (tertiary alicyclic amines) is 1. The van der Waals surface area contributed by atoms with Crippen LogP contribution in [-0.2, 0) is 6.54 Å². The Morgan fingerprint density at radius 2 is 2.18 bits per heavy atom. The van der Waals surface area contributed by atoms with Crippen LogP contribution in [-0.4, -0.2) is 30.6 Å². The van der Waals surface area contributed by atoms with Gasteiger partial charge < -0.3 is 10.2 Å². The predicted molar refractivity (Wildman–Crippen MR) is 76.0 cm³/mol. The smallest absolute Gasteiger partial charge is 0.0587 e. The van der Waals surface area contributed by atoms with E-state index in [-0.39, 0.29) is 0 Å². The quantitative estimate of drug-likeness (QED) is 0.885. The summed E-state index contributed by atoms with van der Waals surface area (Å²) in [5, 5.41) is 6.63. The van der Waals surface area contributed by atoms with Gasteiger partial charge in [0.05, 0.1) is 5.02 Å². The van der Waals surface area contributed by atoms with E-state index in [9.17, 15) is 0 Å². The average Bonchev–Trinajstić information content (AvgIpc) is 2.90. The summed E-state index contributed by atoms with van der Waals surface area (Å²) in [7, 11) is 0. The van der Waals surface area contributed by atoms with Gasteiger partial charge in [0, 0.05) is 24.0 Å². The van der Waals surface area contributed by atoms with E-state index < -0.39 is 0 Å². The Kier molecular flexibility index (Phi) is 4.86. The topological polar surface area (TPSA) is 15.3 Å². The molecule has 0 radical (unpaired) electrons. The Balaban J connectivity index is 1.75. The highest BCUT2D eigenvalue weighted by Gasteiger charge is 2.14. The van der Waals surface area contributed by atoms with E-state index in [0.29, 0.717) is 6.04 Å². The fourth-order valence-corrected chi connectivity index (χ4v) is 3.47. The zero-order chi connectivity index (χ0) is 12.3. The molecule has 2 rings (SSSR count). The first-order valence-electron chi connectivity index (χ1n) is 6.35. The molecule has 1 N–H and O–H groups in total. The van der Waals surface area contributed by atoms with Gasteiger partial charge in [-0.2, -0.15) is 0 Å². The lowest BCUT2D eigenvalue weighted by molar-refractivity contribution is 0.298. The lowest BCUT2D eigenvalue weighted by Crippen LogP contribution is -2.37. The van der Waals surface area contributed by atoms with Crippen LogP contribution in [0.1, 0.15) is 30.2 Å². The first-order chi connectivity index (χ1) is 8.16. The van der Waals surface area contributed by atoms with Crippen molar-refractivity contribution < 1.29 is 0 Å². The van der Waals surface area contributed by atoms with E-state index in [2.05, 4.69) is 29.4 Å². The summed E-state index contributed by atoms with van der Waals surface area (Å²) in [4.78, 5) is 3.80. The van der Waals surface area contributed by atoms with Gasteiger partial charge in [0.1, 0.15) is 0 Å². The Morgan fingerprint density at radius 1 is 1.47 bits per heavy atom. The Labute approximate surface area is 113 Å². The third-order valence-corrected chi connectivity index (χ3v) is 5.05. The maximum atomic E-state index is 6.22. The third kappa shape index (κ3) is 3.68. The van der Waals surface area contributed by atoms with Gasteiger partial charge in [-0.05, 0) is 50.7 Å². The van der Waals surface area contributed by atoms with Crippen LogP contribution < -0.4 is 5.32 Å². The number of hydrogen-bond acceptors (Lipinski definition) is 3. The molecule has 1 unspecified atom stereocenters. The van der Waals surface area contributed by atoms with Crippen molar-refractivity contribution in [3.8, 4) is 0 Å². The van der Waals surface area contributed by atoms with E-state index in [1.54, 1.807) is 11.3 Å². The van der Waals surface area contributed by atoms with Crippen LogP contribution >= 0.6 is 22.9 Å². The summed E-state index contributed by atoms with van der Waals surface area (Å²) < 4.78 is 0. The molecule has 1 aliphatic rings. The minimum absolute atomic E-state index is 0.534. The van der Waals surface area contributed by atoms with E-state index in [1.807, 2.05) is 0 Å². The van der Waals surface area contributed by atoms with Crippen molar-refractivity contribution in [2.24, 2.45) is 0 Å².